The second-order valence-electron chi connectivity index (χ2n) is 3.91. The van der Waals surface area contributed by atoms with Crippen molar-refractivity contribution in [2.24, 2.45) is 0 Å². The van der Waals surface area contributed by atoms with E-state index >= 15 is 0 Å². The van der Waals surface area contributed by atoms with Gasteiger partial charge in [0, 0.05) is 25.3 Å². The molecule has 0 aliphatic carbocycles. The molecule has 0 radical (unpaired) electrons. The molecule has 0 spiro atoms. The van der Waals surface area contributed by atoms with E-state index in [4.69, 9.17) is 9.47 Å². The highest BCUT2D eigenvalue weighted by atomic mass is 16.5. The van der Waals surface area contributed by atoms with Gasteiger partial charge in [0.2, 0.25) is 0 Å². The highest BCUT2D eigenvalue weighted by molar-refractivity contribution is 5.45. The number of methoxy groups -OCH3 is 2. The molecule has 0 saturated heterocycles. The number of hydrogen-bond donors (Lipinski definition) is 2. The minimum absolute atomic E-state index is 0.203. The van der Waals surface area contributed by atoms with Gasteiger partial charge in [-0.1, -0.05) is 19.1 Å². The summed E-state index contributed by atoms with van der Waals surface area (Å²) in [6, 6.07) is 5.79. The number of benzene rings is 1. The zero-order chi connectivity index (χ0) is 12.7. The number of aromatic hydroxyl groups is 1. The van der Waals surface area contributed by atoms with Crippen molar-refractivity contribution in [1.82, 2.24) is 5.32 Å². The molecule has 17 heavy (non-hydrogen) atoms. The van der Waals surface area contributed by atoms with Gasteiger partial charge in [-0.25, -0.2) is 0 Å². The normalized spacial score (nSPS) is 12.4. The molecule has 0 fully saturated rings. The molecule has 0 bridgehead atoms. The lowest BCUT2D eigenvalue weighted by Gasteiger charge is -2.16. The Labute approximate surface area is 103 Å². The van der Waals surface area contributed by atoms with Gasteiger partial charge < -0.3 is 19.9 Å². The van der Waals surface area contributed by atoms with Crippen LogP contribution in [-0.4, -0.2) is 32.0 Å². The van der Waals surface area contributed by atoms with Crippen LogP contribution in [0.4, 0.5) is 0 Å². The molecule has 2 N–H and O–H groups in total. The van der Waals surface area contributed by atoms with Crippen molar-refractivity contribution in [3.8, 4) is 11.5 Å². The van der Waals surface area contributed by atoms with E-state index in [0.29, 0.717) is 24.9 Å². The summed E-state index contributed by atoms with van der Waals surface area (Å²) in [5.74, 6) is 0.707. The van der Waals surface area contributed by atoms with Crippen LogP contribution in [0.2, 0.25) is 0 Å². The van der Waals surface area contributed by atoms with Crippen molar-refractivity contribution in [3.05, 3.63) is 23.8 Å². The molecule has 1 aromatic rings. The molecule has 1 rings (SSSR count). The maximum absolute atomic E-state index is 9.91. The third kappa shape index (κ3) is 3.91. The van der Waals surface area contributed by atoms with Crippen LogP contribution >= 0.6 is 0 Å². The third-order valence-electron chi connectivity index (χ3n) is 2.74. The SMILES string of the molecule is CCC(COC)NCc1cccc(OC)c1O. The first-order valence-electron chi connectivity index (χ1n) is 5.80. The van der Waals surface area contributed by atoms with Crippen molar-refractivity contribution in [1.29, 1.82) is 0 Å². The summed E-state index contributed by atoms with van der Waals surface area (Å²) in [5, 5.41) is 13.2. The Kier molecular flexibility index (Phi) is 5.80. The first-order chi connectivity index (χ1) is 8.22. The van der Waals surface area contributed by atoms with Gasteiger partial charge in [-0.2, -0.15) is 0 Å². The molecule has 0 aliphatic heterocycles. The Morgan fingerprint density at radius 2 is 2.12 bits per heavy atom. The third-order valence-corrected chi connectivity index (χ3v) is 2.74. The monoisotopic (exact) mass is 239 g/mol. The first-order valence-corrected chi connectivity index (χ1v) is 5.80. The molecule has 0 heterocycles. The Balaban J connectivity index is 2.62. The summed E-state index contributed by atoms with van der Waals surface area (Å²) in [6.07, 6.45) is 0.985. The van der Waals surface area contributed by atoms with Crippen LogP contribution in [0.3, 0.4) is 0 Å². The molecule has 0 aliphatic rings. The van der Waals surface area contributed by atoms with Crippen molar-refractivity contribution >= 4 is 0 Å². The average molecular weight is 239 g/mol. The van der Waals surface area contributed by atoms with Gasteiger partial charge in [-0.05, 0) is 12.5 Å². The molecule has 4 nitrogen and oxygen atoms in total. The number of nitrogens with one attached hydrogen (secondary N) is 1. The topological polar surface area (TPSA) is 50.7 Å². The fourth-order valence-corrected chi connectivity index (χ4v) is 1.65. The van der Waals surface area contributed by atoms with E-state index in [9.17, 15) is 5.11 Å². The lowest BCUT2D eigenvalue weighted by Crippen LogP contribution is -2.32. The van der Waals surface area contributed by atoms with Gasteiger partial charge in [0.1, 0.15) is 0 Å². The number of rotatable bonds is 7. The molecular formula is C13H21NO3. The summed E-state index contributed by atoms with van der Waals surface area (Å²) in [4.78, 5) is 0. The van der Waals surface area contributed by atoms with E-state index in [-0.39, 0.29) is 5.75 Å². The van der Waals surface area contributed by atoms with E-state index < -0.39 is 0 Å². The minimum Gasteiger partial charge on any atom is -0.504 e. The van der Waals surface area contributed by atoms with Crippen LogP contribution in [0.25, 0.3) is 0 Å². The summed E-state index contributed by atoms with van der Waals surface area (Å²) in [5.41, 5.74) is 0.832. The van der Waals surface area contributed by atoms with Crippen LogP contribution in [-0.2, 0) is 11.3 Å². The molecular weight excluding hydrogens is 218 g/mol. The Morgan fingerprint density at radius 1 is 1.35 bits per heavy atom. The molecule has 1 atom stereocenters. The fourth-order valence-electron chi connectivity index (χ4n) is 1.65. The van der Waals surface area contributed by atoms with Gasteiger partial charge in [0.05, 0.1) is 13.7 Å². The van der Waals surface area contributed by atoms with Crippen LogP contribution in [0.15, 0.2) is 18.2 Å². The second-order valence-corrected chi connectivity index (χ2v) is 3.91. The standard InChI is InChI=1S/C13H21NO3/c1-4-11(9-16-2)14-8-10-6-5-7-12(17-3)13(10)15/h5-7,11,14-15H,4,8-9H2,1-3H3. The van der Waals surface area contributed by atoms with Crippen LogP contribution in [0.1, 0.15) is 18.9 Å². The van der Waals surface area contributed by atoms with Gasteiger partial charge in [0.15, 0.2) is 11.5 Å². The number of hydrogen-bond acceptors (Lipinski definition) is 4. The molecule has 1 unspecified atom stereocenters. The van der Waals surface area contributed by atoms with E-state index in [1.807, 2.05) is 12.1 Å². The van der Waals surface area contributed by atoms with Crippen molar-refractivity contribution in [2.45, 2.75) is 25.9 Å². The van der Waals surface area contributed by atoms with E-state index in [0.717, 1.165) is 12.0 Å². The molecule has 4 heteroatoms. The quantitative estimate of drug-likeness (QED) is 0.763. The number of para-hydroxylation sites is 1. The lowest BCUT2D eigenvalue weighted by molar-refractivity contribution is 0.163. The Hall–Kier alpha value is -1.26. The first kappa shape index (κ1) is 13.8. The maximum atomic E-state index is 9.91. The predicted octanol–water partition coefficient (Wildman–Crippen LogP) is 1.92. The molecule has 96 valence electrons. The molecule has 0 aromatic heterocycles. The smallest absolute Gasteiger partial charge is 0.162 e. The van der Waals surface area contributed by atoms with E-state index in [2.05, 4.69) is 12.2 Å². The summed E-state index contributed by atoms with van der Waals surface area (Å²) in [7, 11) is 3.24. The Morgan fingerprint density at radius 3 is 2.71 bits per heavy atom. The number of phenolic OH excluding ortho intramolecular Hbond substituents is 1. The number of ether oxygens (including phenoxy) is 2. The average Bonchev–Trinajstić information content (AvgIpc) is 2.36. The molecule has 1 aromatic carbocycles. The van der Waals surface area contributed by atoms with Gasteiger partial charge in [0.25, 0.3) is 0 Å². The Bertz CT molecular complexity index is 341. The van der Waals surface area contributed by atoms with Crippen LogP contribution in [0, 0.1) is 0 Å². The molecule has 0 amide bonds. The zero-order valence-electron chi connectivity index (χ0n) is 10.7. The highest BCUT2D eigenvalue weighted by Crippen LogP contribution is 2.29. The van der Waals surface area contributed by atoms with Crippen molar-refractivity contribution in [3.63, 3.8) is 0 Å². The van der Waals surface area contributed by atoms with Crippen LogP contribution in [0.5, 0.6) is 11.5 Å². The second kappa shape index (κ2) is 7.14. The van der Waals surface area contributed by atoms with E-state index in [1.165, 1.54) is 0 Å². The minimum atomic E-state index is 0.203. The predicted molar refractivity (Wildman–Crippen MR) is 67.5 cm³/mol. The summed E-state index contributed by atoms with van der Waals surface area (Å²) < 4.78 is 10.2. The van der Waals surface area contributed by atoms with E-state index in [1.54, 1.807) is 20.3 Å². The van der Waals surface area contributed by atoms with Gasteiger partial charge in [-0.15, -0.1) is 0 Å². The zero-order valence-corrected chi connectivity index (χ0v) is 10.7. The van der Waals surface area contributed by atoms with Crippen molar-refractivity contribution in [2.75, 3.05) is 20.8 Å². The number of phenols is 1. The van der Waals surface area contributed by atoms with Gasteiger partial charge in [-0.3, -0.25) is 0 Å². The lowest BCUT2D eigenvalue weighted by atomic mass is 10.1. The van der Waals surface area contributed by atoms with Crippen molar-refractivity contribution < 1.29 is 14.6 Å². The summed E-state index contributed by atoms with van der Waals surface area (Å²) in [6.45, 7) is 3.37. The summed E-state index contributed by atoms with van der Waals surface area (Å²) >= 11 is 0. The molecule has 0 saturated carbocycles. The maximum Gasteiger partial charge on any atom is 0.162 e. The van der Waals surface area contributed by atoms with Gasteiger partial charge >= 0.3 is 0 Å². The largest absolute Gasteiger partial charge is 0.504 e. The highest BCUT2D eigenvalue weighted by Gasteiger charge is 2.09. The van der Waals surface area contributed by atoms with Crippen LogP contribution < -0.4 is 10.1 Å². The fraction of sp³-hybridized carbons (Fsp3) is 0.538.